The first-order valence-corrected chi connectivity index (χ1v) is 5.65. The van der Waals surface area contributed by atoms with Gasteiger partial charge < -0.3 is 15.2 Å². The van der Waals surface area contributed by atoms with Crippen LogP contribution >= 0.6 is 0 Å². The van der Waals surface area contributed by atoms with Crippen LogP contribution in [0.25, 0.3) is 0 Å². The minimum absolute atomic E-state index is 0.0235. The molecule has 0 bridgehead atoms. The summed E-state index contributed by atoms with van der Waals surface area (Å²) in [6, 6.07) is 3.55. The van der Waals surface area contributed by atoms with Gasteiger partial charge in [0.05, 0.1) is 5.56 Å². The quantitative estimate of drug-likeness (QED) is 0.657. The number of alkyl halides is 3. The summed E-state index contributed by atoms with van der Waals surface area (Å²) in [6.45, 7) is -2.76. The van der Waals surface area contributed by atoms with Crippen LogP contribution in [-0.4, -0.2) is 37.0 Å². The second-order valence-electron chi connectivity index (χ2n) is 3.81. The van der Waals surface area contributed by atoms with Crippen molar-refractivity contribution in [1.29, 1.82) is 0 Å². The zero-order valence-corrected chi connectivity index (χ0v) is 10.6. The fraction of sp³-hybridized carbons (Fsp3) is 0.308. The maximum atomic E-state index is 13.5. The summed E-state index contributed by atoms with van der Waals surface area (Å²) >= 11 is 0. The van der Waals surface area contributed by atoms with E-state index in [2.05, 4.69) is 21.9 Å². The molecular weight excluding hydrogens is 294 g/mol. The standard InChI is InChI=1S/C13H11F4NO3/c14-11-6-10(4-3-9(11)2-1-5-19)18-12(20)7-21-8-13(15,16)17/h3-4,6,19H,5,7-8H2,(H,18,20). The van der Waals surface area contributed by atoms with Gasteiger partial charge in [-0.2, -0.15) is 13.2 Å². The van der Waals surface area contributed by atoms with Gasteiger partial charge in [0.1, 0.15) is 25.6 Å². The molecule has 1 aromatic carbocycles. The second-order valence-corrected chi connectivity index (χ2v) is 3.81. The lowest BCUT2D eigenvalue weighted by atomic mass is 10.2. The Morgan fingerprint density at radius 2 is 2.10 bits per heavy atom. The molecule has 0 unspecified atom stereocenters. The molecule has 1 amide bonds. The SMILES string of the molecule is O=C(COCC(F)(F)F)Nc1ccc(C#CCO)c(F)c1. The number of halogens is 4. The minimum atomic E-state index is -4.51. The molecule has 0 aliphatic carbocycles. The van der Waals surface area contributed by atoms with Crippen molar-refractivity contribution in [2.75, 3.05) is 25.1 Å². The van der Waals surface area contributed by atoms with Crippen molar-refractivity contribution < 1.29 is 32.2 Å². The molecule has 0 aromatic heterocycles. The maximum absolute atomic E-state index is 13.5. The van der Waals surface area contributed by atoms with Gasteiger partial charge in [0.15, 0.2) is 0 Å². The van der Waals surface area contributed by atoms with Gasteiger partial charge in [-0.3, -0.25) is 4.79 Å². The topological polar surface area (TPSA) is 58.6 Å². The lowest BCUT2D eigenvalue weighted by molar-refractivity contribution is -0.174. The van der Waals surface area contributed by atoms with E-state index in [1.165, 1.54) is 12.1 Å². The van der Waals surface area contributed by atoms with E-state index in [4.69, 9.17) is 5.11 Å². The van der Waals surface area contributed by atoms with E-state index in [-0.39, 0.29) is 11.3 Å². The molecule has 1 rings (SSSR count). The van der Waals surface area contributed by atoms with Crippen LogP contribution in [0.1, 0.15) is 5.56 Å². The predicted molar refractivity (Wildman–Crippen MR) is 65.9 cm³/mol. The fourth-order valence-electron chi connectivity index (χ4n) is 1.29. The minimum Gasteiger partial charge on any atom is -0.384 e. The number of carbonyl (C=O) groups is 1. The molecule has 0 aliphatic rings. The smallest absolute Gasteiger partial charge is 0.384 e. The molecule has 4 nitrogen and oxygen atoms in total. The van der Waals surface area contributed by atoms with Gasteiger partial charge >= 0.3 is 6.18 Å². The van der Waals surface area contributed by atoms with Crippen molar-refractivity contribution in [3.63, 3.8) is 0 Å². The Morgan fingerprint density at radius 3 is 2.67 bits per heavy atom. The van der Waals surface area contributed by atoms with Crippen LogP contribution in [0.2, 0.25) is 0 Å². The molecular formula is C13H11F4NO3. The summed E-state index contributed by atoms with van der Waals surface area (Å²) < 4.78 is 53.1. The number of aliphatic hydroxyl groups excluding tert-OH is 1. The monoisotopic (exact) mass is 305 g/mol. The van der Waals surface area contributed by atoms with Crippen LogP contribution in [0.4, 0.5) is 23.2 Å². The highest BCUT2D eigenvalue weighted by Crippen LogP contribution is 2.15. The molecule has 114 valence electrons. The Balaban J connectivity index is 2.55. The molecule has 0 saturated carbocycles. The number of amides is 1. The number of nitrogens with one attached hydrogen (secondary N) is 1. The van der Waals surface area contributed by atoms with Gasteiger partial charge in [-0.25, -0.2) is 4.39 Å². The number of hydrogen-bond acceptors (Lipinski definition) is 3. The Hall–Kier alpha value is -2.11. The summed E-state index contributed by atoms with van der Waals surface area (Å²) in [6.07, 6.45) is -4.51. The summed E-state index contributed by atoms with van der Waals surface area (Å²) in [4.78, 5) is 11.3. The van der Waals surface area contributed by atoms with E-state index in [0.29, 0.717) is 0 Å². The predicted octanol–water partition coefficient (Wildman–Crippen LogP) is 1.69. The molecule has 21 heavy (non-hydrogen) atoms. The van der Waals surface area contributed by atoms with Gasteiger partial charge in [-0.05, 0) is 18.2 Å². The van der Waals surface area contributed by atoms with Gasteiger partial charge in [-0.15, -0.1) is 0 Å². The van der Waals surface area contributed by atoms with Crippen LogP contribution in [-0.2, 0) is 9.53 Å². The molecule has 0 heterocycles. The van der Waals surface area contributed by atoms with Crippen molar-refractivity contribution in [2.24, 2.45) is 0 Å². The number of anilines is 1. The van der Waals surface area contributed by atoms with Crippen molar-refractivity contribution in [2.45, 2.75) is 6.18 Å². The first-order valence-electron chi connectivity index (χ1n) is 5.65. The van der Waals surface area contributed by atoms with Crippen molar-refractivity contribution in [1.82, 2.24) is 0 Å². The Morgan fingerprint density at radius 1 is 1.38 bits per heavy atom. The third kappa shape index (κ3) is 6.74. The van der Waals surface area contributed by atoms with Crippen LogP contribution in [0.5, 0.6) is 0 Å². The zero-order chi connectivity index (χ0) is 15.9. The second kappa shape index (κ2) is 7.61. The third-order valence-electron chi connectivity index (χ3n) is 2.05. The van der Waals surface area contributed by atoms with Crippen molar-refractivity contribution in [3.05, 3.63) is 29.6 Å². The molecule has 0 saturated heterocycles. The summed E-state index contributed by atoms with van der Waals surface area (Å²) in [5.74, 6) is 3.04. The Kier molecular flexibility index (Phi) is 6.14. The normalized spacial score (nSPS) is 10.7. The van der Waals surface area contributed by atoms with Crippen LogP contribution in [0.15, 0.2) is 18.2 Å². The lowest BCUT2D eigenvalue weighted by Crippen LogP contribution is -2.24. The van der Waals surface area contributed by atoms with Gasteiger partial charge in [0, 0.05) is 5.69 Å². The number of aliphatic hydroxyl groups is 1. The van der Waals surface area contributed by atoms with E-state index in [0.717, 1.165) is 6.07 Å². The average molecular weight is 305 g/mol. The van der Waals surface area contributed by atoms with Gasteiger partial charge in [0.2, 0.25) is 5.91 Å². The molecule has 2 N–H and O–H groups in total. The highest BCUT2D eigenvalue weighted by Gasteiger charge is 2.27. The molecule has 1 aromatic rings. The van der Waals surface area contributed by atoms with Crippen molar-refractivity contribution >= 4 is 11.6 Å². The number of rotatable bonds is 4. The number of carbonyl (C=O) groups excluding carboxylic acids is 1. The van der Waals surface area contributed by atoms with Gasteiger partial charge in [-0.1, -0.05) is 11.8 Å². The largest absolute Gasteiger partial charge is 0.411 e. The number of benzene rings is 1. The zero-order valence-electron chi connectivity index (χ0n) is 10.6. The highest BCUT2D eigenvalue weighted by molar-refractivity contribution is 5.91. The molecule has 0 aliphatic heterocycles. The number of ether oxygens (including phenoxy) is 1. The Labute approximate surface area is 117 Å². The van der Waals surface area contributed by atoms with Crippen LogP contribution in [0, 0.1) is 17.7 Å². The third-order valence-corrected chi connectivity index (χ3v) is 2.05. The van der Waals surface area contributed by atoms with Crippen LogP contribution in [0.3, 0.4) is 0 Å². The molecule has 0 spiro atoms. The summed E-state index contributed by atoms with van der Waals surface area (Å²) in [7, 11) is 0. The maximum Gasteiger partial charge on any atom is 0.411 e. The first kappa shape index (κ1) is 16.9. The highest BCUT2D eigenvalue weighted by atomic mass is 19.4. The number of hydrogen-bond donors (Lipinski definition) is 2. The molecule has 8 heteroatoms. The van der Waals surface area contributed by atoms with E-state index in [9.17, 15) is 22.4 Å². The van der Waals surface area contributed by atoms with E-state index >= 15 is 0 Å². The van der Waals surface area contributed by atoms with E-state index in [1.54, 1.807) is 0 Å². The van der Waals surface area contributed by atoms with E-state index < -0.39 is 37.7 Å². The van der Waals surface area contributed by atoms with Crippen molar-refractivity contribution in [3.8, 4) is 11.8 Å². The average Bonchev–Trinajstić information content (AvgIpc) is 2.36. The molecule has 0 fully saturated rings. The molecule has 0 radical (unpaired) electrons. The summed E-state index contributed by atoms with van der Waals surface area (Å²) in [5, 5.41) is 10.7. The lowest BCUT2D eigenvalue weighted by Gasteiger charge is -2.08. The summed E-state index contributed by atoms with van der Waals surface area (Å²) in [5.41, 5.74) is 0.0815. The Bertz CT molecular complexity index is 561. The van der Waals surface area contributed by atoms with Crippen LogP contribution < -0.4 is 5.32 Å². The first-order chi connectivity index (χ1) is 9.81. The van der Waals surface area contributed by atoms with Gasteiger partial charge in [0.25, 0.3) is 0 Å². The van der Waals surface area contributed by atoms with E-state index in [1.807, 2.05) is 0 Å². The molecule has 0 atom stereocenters. The fourth-order valence-corrected chi connectivity index (χ4v) is 1.29.